The third-order valence-electron chi connectivity index (χ3n) is 5.19. The Kier molecular flexibility index (Phi) is 3.93. The third kappa shape index (κ3) is 2.94. The number of hydrogen-bond donors (Lipinski definition) is 2. The molecule has 4 heterocycles. The zero-order chi connectivity index (χ0) is 19.1. The van der Waals surface area contributed by atoms with Gasteiger partial charge < -0.3 is 14.7 Å². The highest BCUT2D eigenvalue weighted by molar-refractivity contribution is 5.94. The van der Waals surface area contributed by atoms with Gasteiger partial charge in [-0.05, 0) is 36.2 Å². The molecule has 0 spiro atoms. The summed E-state index contributed by atoms with van der Waals surface area (Å²) in [5.41, 5.74) is 4.11. The number of hydrogen-bond acceptors (Lipinski definition) is 3. The minimum Gasteiger partial charge on any atom is -0.350 e. The van der Waals surface area contributed by atoms with E-state index in [1.54, 1.807) is 12.1 Å². The molecule has 0 saturated heterocycles. The van der Waals surface area contributed by atoms with Crippen LogP contribution in [-0.4, -0.2) is 31.8 Å². The van der Waals surface area contributed by atoms with E-state index in [2.05, 4.69) is 20.3 Å². The molecule has 5 rings (SSSR count). The summed E-state index contributed by atoms with van der Waals surface area (Å²) < 4.78 is 15.2. The molecule has 0 fully saturated rings. The van der Waals surface area contributed by atoms with Crippen LogP contribution in [0.2, 0.25) is 0 Å². The summed E-state index contributed by atoms with van der Waals surface area (Å²) in [6, 6.07) is 12.3. The smallest absolute Gasteiger partial charge is 0.271 e. The molecule has 140 valence electrons. The molecule has 1 amide bonds. The molecular formula is C21H18FN5O. The number of benzene rings is 1. The number of rotatable bonds is 3. The second-order valence-electron chi connectivity index (χ2n) is 7.03. The molecule has 1 aliphatic heterocycles. The van der Waals surface area contributed by atoms with E-state index in [1.165, 1.54) is 12.1 Å². The summed E-state index contributed by atoms with van der Waals surface area (Å²) in [5.74, 6) is 0.347. The lowest BCUT2D eigenvalue weighted by atomic mass is 9.94. The molecule has 4 aromatic rings. The van der Waals surface area contributed by atoms with Gasteiger partial charge in [0, 0.05) is 42.7 Å². The Bertz CT molecular complexity index is 1160. The molecule has 1 aliphatic rings. The number of carbonyl (C=O) groups is 1. The van der Waals surface area contributed by atoms with Crippen LogP contribution in [0.4, 0.5) is 4.39 Å². The zero-order valence-corrected chi connectivity index (χ0v) is 15.0. The Morgan fingerprint density at radius 3 is 2.89 bits per heavy atom. The average Bonchev–Trinajstić information content (AvgIpc) is 3.26. The van der Waals surface area contributed by atoms with Gasteiger partial charge in [0.25, 0.3) is 5.91 Å². The number of H-pyrrole nitrogens is 1. The van der Waals surface area contributed by atoms with Gasteiger partial charge in [0.1, 0.15) is 23.0 Å². The quantitative estimate of drug-likeness (QED) is 0.578. The van der Waals surface area contributed by atoms with Crippen LogP contribution in [0.15, 0.2) is 54.9 Å². The van der Waals surface area contributed by atoms with Gasteiger partial charge >= 0.3 is 0 Å². The van der Waals surface area contributed by atoms with E-state index >= 15 is 0 Å². The minimum atomic E-state index is -0.265. The topological polar surface area (TPSA) is 75.1 Å². The number of pyridine rings is 1. The molecule has 7 heteroatoms. The van der Waals surface area contributed by atoms with Gasteiger partial charge in [0.15, 0.2) is 0 Å². The maximum atomic E-state index is 13.2. The van der Waals surface area contributed by atoms with Gasteiger partial charge in [-0.3, -0.25) is 4.79 Å². The molecular weight excluding hydrogens is 357 g/mol. The molecule has 0 bridgehead atoms. The van der Waals surface area contributed by atoms with Gasteiger partial charge in [0.2, 0.25) is 0 Å². The number of imidazole rings is 2. The highest BCUT2D eigenvalue weighted by atomic mass is 19.1. The monoisotopic (exact) mass is 375 g/mol. The average molecular weight is 375 g/mol. The lowest BCUT2D eigenvalue weighted by Crippen LogP contribution is -2.26. The highest BCUT2D eigenvalue weighted by Gasteiger charge is 2.26. The number of amides is 1. The summed E-state index contributed by atoms with van der Waals surface area (Å²) in [4.78, 5) is 24.8. The number of halogens is 1. The summed E-state index contributed by atoms with van der Waals surface area (Å²) >= 11 is 0. The summed E-state index contributed by atoms with van der Waals surface area (Å²) in [7, 11) is 0. The van der Waals surface area contributed by atoms with E-state index in [1.807, 2.05) is 35.0 Å². The fourth-order valence-corrected chi connectivity index (χ4v) is 3.76. The van der Waals surface area contributed by atoms with Crippen LogP contribution < -0.4 is 5.32 Å². The van der Waals surface area contributed by atoms with Crippen LogP contribution in [0, 0.1) is 5.82 Å². The predicted molar refractivity (Wildman–Crippen MR) is 102 cm³/mol. The Labute approximate surface area is 160 Å². The van der Waals surface area contributed by atoms with E-state index in [-0.39, 0.29) is 17.6 Å². The van der Waals surface area contributed by atoms with Crippen LogP contribution in [0.25, 0.3) is 5.65 Å². The lowest BCUT2D eigenvalue weighted by Gasteiger charge is -2.14. The summed E-state index contributed by atoms with van der Waals surface area (Å²) in [5, 5.41) is 2.93. The van der Waals surface area contributed by atoms with Crippen molar-refractivity contribution in [3.05, 3.63) is 89.1 Å². The molecule has 6 nitrogen and oxygen atoms in total. The van der Waals surface area contributed by atoms with Crippen molar-refractivity contribution in [2.24, 2.45) is 0 Å². The van der Waals surface area contributed by atoms with E-state index in [9.17, 15) is 9.18 Å². The van der Waals surface area contributed by atoms with Crippen molar-refractivity contribution in [3.8, 4) is 0 Å². The van der Waals surface area contributed by atoms with E-state index in [0.717, 1.165) is 28.4 Å². The highest BCUT2D eigenvalue weighted by Crippen LogP contribution is 2.25. The SMILES string of the molecule is O=C1NC[C@H](c2ccc(F)cc2)Cc2[nH]c(Cc3cnc4ccccn34)nc21. The van der Waals surface area contributed by atoms with E-state index in [0.29, 0.717) is 25.1 Å². The van der Waals surface area contributed by atoms with E-state index < -0.39 is 0 Å². The predicted octanol–water partition coefficient (Wildman–Crippen LogP) is 2.86. The lowest BCUT2D eigenvalue weighted by molar-refractivity contribution is 0.0950. The fourth-order valence-electron chi connectivity index (χ4n) is 3.76. The van der Waals surface area contributed by atoms with Crippen molar-refractivity contribution in [3.63, 3.8) is 0 Å². The van der Waals surface area contributed by atoms with Crippen LogP contribution in [0.5, 0.6) is 0 Å². The Morgan fingerprint density at radius 1 is 1.18 bits per heavy atom. The van der Waals surface area contributed by atoms with Crippen molar-refractivity contribution in [1.82, 2.24) is 24.7 Å². The molecule has 0 unspecified atom stereocenters. The first-order valence-corrected chi connectivity index (χ1v) is 9.20. The molecule has 1 aromatic carbocycles. The molecule has 3 aromatic heterocycles. The summed E-state index contributed by atoms with van der Waals surface area (Å²) in [6.45, 7) is 0.497. The number of carbonyl (C=O) groups excluding carboxylic acids is 1. The van der Waals surface area contributed by atoms with Gasteiger partial charge in [-0.15, -0.1) is 0 Å². The molecule has 1 atom stereocenters. The normalized spacial score (nSPS) is 16.6. The Morgan fingerprint density at radius 2 is 2.04 bits per heavy atom. The van der Waals surface area contributed by atoms with Crippen molar-refractivity contribution < 1.29 is 9.18 Å². The number of fused-ring (bicyclic) bond motifs is 2. The van der Waals surface area contributed by atoms with E-state index in [4.69, 9.17) is 0 Å². The first kappa shape index (κ1) is 16.7. The largest absolute Gasteiger partial charge is 0.350 e. The number of nitrogens with zero attached hydrogens (tertiary/aromatic N) is 3. The molecule has 2 N–H and O–H groups in total. The second-order valence-corrected chi connectivity index (χ2v) is 7.03. The van der Waals surface area contributed by atoms with Gasteiger partial charge in [-0.2, -0.15) is 0 Å². The third-order valence-corrected chi connectivity index (χ3v) is 5.19. The summed E-state index contributed by atoms with van der Waals surface area (Å²) in [6.07, 6.45) is 4.97. The second kappa shape index (κ2) is 6.60. The van der Waals surface area contributed by atoms with Gasteiger partial charge in [0.05, 0.1) is 0 Å². The first-order valence-electron chi connectivity index (χ1n) is 9.20. The standard InChI is InChI=1S/C21H18FN5O/c22-15-6-4-13(5-7-15)14-9-17-20(21(28)24-11-14)26-18(25-17)10-16-12-23-19-3-1-2-8-27(16)19/h1-8,12,14H,9-11H2,(H,24,28)(H,25,26)/t14-/m1/s1. The van der Waals surface area contributed by atoms with Crippen molar-refractivity contribution >= 4 is 11.6 Å². The minimum absolute atomic E-state index is 0.0647. The van der Waals surface area contributed by atoms with Crippen molar-refractivity contribution in [2.75, 3.05) is 6.54 Å². The van der Waals surface area contributed by atoms with Crippen LogP contribution in [0.3, 0.4) is 0 Å². The van der Waals surface area contributed by atoms with Gasteiger partial charge in [-0.25, -0.2) is 14.4 Å². The van der Waals surface area contributed by atoms with Crippen molar-refractivity contribution in [1.29, 1.82) is 0 Å². The number of aromatic nitrogens is 4. The molecule has 0 aliphatic carbocycles. The number of nitrogens with one attached hydrogen (secondary N) is 2. The molecule has 28 heavy (non-hydrogen) atoms. The van der Waals surface area contributed by atoms with Crippen LogP contribution in [-0.2, 0) is 12.8 Å². The van der Waals surface area contributed by atoms with Crippen LogP contribution in [0.1, 0.15) is 39.2 Å². The van der Waals surface area contributed by atoms with Crippen molar-refractivity contribution in [2.45, 2.75) is 18.8 Å². The number of aromatic amines is 1. The zero-order valence-electron chi connectivity index (χ0n) is 15.0. The Balaban J connectivity index is 1.45. The van der Waals surface area contributed by atoms with Gasteiger partial charge in [-0.1, -0.05) is 18.2 Å². The Hall–Kier alpha value is -3.48. The van der Waals surface area contributed by atoms with Crippen LogP contribution >= 0.6 is 0 Å². The maximum Gasteiger partial charge on any atom is 0.271 e. The first-order chi connectivity index (χ1) is 13.7. The molecule has 0 radical (unpaired) electrons. The molecule has 0 saturated carbocycles. The fraction of sp³-hybridized carbons (Fsp3) is 0.190. The maximum absolute atomic E-state index is 13.2.